The summed E-state index contributed by atoms with van der Waals surface area (Å²) in [5.41, 5.74) is 1.17. The van der Waals surface area contributed by atoms with Gasteiger partial charge in [0.15, 0.2) is 0 Å². The molecule has 0 atom stereocenters. The fourth-order valence-corrected chi connectivity index (χ4v) is 1.04. The van der Waals surface area contributed by atoms with Gasteiger partial charge in [-0.3, -0.25) is 0 Å². The number of hydrogen-bond donors (Lipinski definition) is 0. The Bertz CT molecular complexity index is 330. The number of nitrogens with zero attached hydrogens (tertiary/aromatic N) is 1. The predicted octanol–water partition coefficient (Wildman–Crippen LogP) is 3.07. The molecule has 0 aromatic carbocycles. The number of carbonyl (C=O) groups is 1. The van der Waals surface area contributed by atoms with Crippen LogP contribution >= 0.6 is 11.6 Å². The molecule has 0 unspecified atom stereocenters. The molecule has 0 radical (unpaired) electrons. The number of carbonyl (C=O) groups excluding carboxylic acids is 1. The van der Waals surface area contributed by atoms with Crippen molar-refractivity contribution >= 4 is 17.6 Å². The van der Waals surface area contributed by atoms with Crippen LogP contribution in [0.25, 0.3) is 0 Å². The maximum atomic E-state index is 11.3. The third-order valence-electron chi connectivity index (χ3n) is 1.71. The summed E-state index contributed by atoms with van der Waals surface area (Å²) in [5, 5.41) is 0. The Morgan fingerprint density at radius 1 is 1.29 bits per heavy atom. The van der Waals surface area contributed by atoms with Crippen LogP contribution in [0, 0.1) is 6.92 Å². The summed E-state index contributed by atoms with van der Waals surface area (Å²) in [4.78, 5) is 15.2. The quantitative estimate of drug-likeness (QED) is 0.606. The van der Waals surface area contributed by atoms with Gasteiger partial charge in [0.2, 0.25) is 5.88 Å². The minimum absolute atomic E-state index is 0.298. The highest BCUT2D eigenvalue weighted by Gasteiger charge is 2.16. The van der Waals surface area contributed by atoms with Gasteiger partial charge in [-0.25, -0.2) is 9.78 Å². The van der Waals surface area contributed by atoms with E-state index in [9.17, 15) is 4.79 Å². The molecule has 0 saturated heterocycles. The fourth-order valence-electron chi connectivity index (χ4n) is 1.04. The third kappa shape index (κ3) is 5.54. The minimum atomic E-state index is -0.428. The van der Waals surface area contributed by atoms with Gasteiger partial charge >= 0.3 is 5.97 Å². The Kier molecular flexibility index (Phi) is 11.9. The molecule has 98 valence electrons. The van der Waals surface area contributed by atoms with Gasteiger partial charge in [0.05, 0.1) is 14.2 Å². The summed E-state index contributed by atoms with van der Waals surface area (Å²) in [6, 6.07) is 1.73. The van der Waals surface area contributed by atoms with E-state index < -0.39 is 5.97 Å². The average molecular weight is 262 g/mol. The van der Waals surface area contributed by atoms with E-state index in [0.29, 0.717) is 11.4 Å². The van der Waals surface area contributed by atoms with Crippen LogP contribution in [-0.2, 0) is 4.74 Å². The van der Waals surface area contributed by atoms with Crippen molar-refractivity contribution in [2.24, 2.45) is 0 Å². The average Bonchev–Trinajstić information content (AvgIpc) is 2.42. The normalized spacial score (nSPS) is 7.94. The summed E-state index contributed by atoms with van der Waals surface area (Å²) >= 11 is 4.64. The van der Waals surface area contributed by atoms with Crippen molar-refractivity contribution < 1.29 is 14.3 Å². The number of hydrogen-bond acceptors (Lipinski definition) is 4. The second kappa shape index (κ2) is 11.2. The molecule has 0 aliphatic carbocycles. The second-order valence-corrected chi connectivity index (χ2v) is 2.50. The molecule has 0 fully saturated rings. The van der Waals surface area contributed by atoms with Gasteiger partial charge in [-0.15, -0.1) is 11.6 Å². The number of esters is 1. The van der Waals surface area contributed by atoms with E-state index in [0.717, 1.165) is 5.56 Å². The topological polar surface area (TPSA) is 48.4 Å². The molecule has 0 N–H and O–H groups in total. The first-order chi connectivity index (χ1) is 8.20. The Morgan fingerprint density at radius 3 is 2.24 bits per heavy atom. The molecule has 4 nitrogen and oxygen atoms in total. The number of rotatable bonds is 2. The van der Waals surface area contributed by atoms with E-state index >= 15 is 0 Å². The minimum Gasteiger partial charge on any atom is -0.480 e. The van der Waals surface area contributed by atoms with E-state index in [-0.39, 0.29) is 0 Å². The molecule has 0 saturated carbocycles. The monoisotopic (exact) mass is 261 g/mol. The lowest BCUT2D eigenvalue weighted by atomic mass is 10.1. The van der Waals surface area contributed by atoms with Crippen LogP contribution in [0.5, 0.6) is 5.88 Å². The zero-order chi connectivity index (χ0) is 13.8. The van der Waals surface area contributed by atoms with Crippen LogP contribution in [0.4, 0.5) is 0 Å². The number of aromatic nitrogens is 1. The summed E-state index contributed by atoms with van der Waals surface area (Å²) in [6.45, 7) is 5.80. The predicted molar refractivity (Wildman–Crippen MR) is 70.0 cm³/mol. The molecule has 1 heterocycles. The first kappa shape index (κ1) is 18.1. The zero-order valence-electron chi connectivity index (χ0n) is 11.2. The molecule has 1 aromatic rings. The lowest BCUT2D eigenvalue weighted by Crippen LogP contribution is -2.07. The van der Waals surface area contributed by atoms with E-state index in [2.05, 4.69) is 21.3 Å². The highest BCUT2D eigenvalue weighted by atomic mass is 35.5. The highest BCUT2D eigenvalue weighted by molar-refractivity contribution is 6.15. The summed E-state index contributed by atoms with van der Waals surface area (Å²) in [6.07, 6.45) is 3.06. The van der Waals surface area contributed by atoms with Crippen LogP contribution in [0.1, 0.15) is 29.8 Å². The van der Waals surface area contributed by atoms with Gasteiger partial charge in [-0.1, -0.05) is 13.8 Å². The van der Waals surface area contributed by atoms with Crippen molar-refractivity contribution in [3.05, 3.63) is 23.4 Å². The van der Waals surface area contributed by atoms with E-state index in [1.165, 1.54) is 20.6 Å². The molecular weight excluding hydrogens is 242 g/mol. The number of alkyl halides is 1. The smallest absolute Gasteiger partial charge is 0.343 e. The first-order valence-electron chi connectivity index (χ1n) is 5.16. The summed E-state index contributed by atoms with van der Waals surface area (Å²) in [5.74, 6) is -0.130. The lowest BCUT2D eigenvalue weighted by Gasteiger charge is -2.07. The van der Waals surface area contributed by atoms with Crippen molar-refractivity contribution in [3.8, 4) is 5.88 Å². The number of methoxy groups -OCH3 is 2. The fraction of sp³-hybridized carbons (Fsp3) is 0.500. The van der Waals surface area contributed by atoms with Gasteiger partial charge in [0.25, 0.3) is 0 Å². The number of ether oxygens (including phenoxy) is 2. The van der Waals surface area contributed by atoms with E-state index in [4.69, 9.17) is 4.74 Å². The second-order valence-electron chi connectivity index (χ2n) is 2.50. The molecule has 0 bridgehead atoms. The van der Waals surface area contributed by atoms with Gasteiger partial charge in [-0.2, -0.15) is 0 Å². The molecule has 0 aliphatic rings. The molecule has 0 amide bonds. The Morgan fingerprint density at radius 2 is 1.82 bits per heavy atom. The van der Waals surface area contributed by atoms with Gasteiger partial charge in [0.1, 0.15) is 5.56 Å². The van der Waals surface area contributed by atoms with Crippen LogP contribution in [-0.4, -0.2) is 31.6 Å². The molecule has 0 aliphatic heterocycles. The summed E-state index contributed by atoms with van der Waals surface area (Å²) < 4.78 is 9.54. The van der Waals surface area contributed by atoms with Crippen molar-refractivity contribution in [1.82, 2.24) is 4.98 Å². The first-order valence-corrected chi connectivity index (χ1v) is 5.92. The standard InChI is InChI=1S/C9H11NO3.C2H6.CH3Cl/c1-6-4-5-10-8(12-2)7(6)9(11)13-3;2*1-2/h4-5H,1-3H3;1-2H3;1H3. The van der Waals surface area contributed by atoms with Crippen LogP contribution in [0.2, 0.25) is 0 Å². The van der Waals surface area contributed by atoms with Crippen LogP contribution in [0.3, 0.4) is 0 Å². The van der Waals surface area contributed by atoms with Crippen LogP contribution < -0.4 is 4.74 Å². The zero-order valence-corrected chi connectivity index (χ0v) is 12.0. The van der Waals surface area contributed by atoms with Crippen molar-refractivity contribution in [2.75, 3.05) is 20.6 Å². The third-order valence-corrected chi connectivity index (χ3v) is 1.71. The van der Waals surface area contributed by atoms with Crippen molar-refractivity contribution in [3.63, 3.8) is 0 Å². The van der Waals surface area contributed by atoms with Crippen molar-refractivity contribution in [2.45, 2.75) is 20.8 Å². The van der Waals surface area contributed by atoms with Crippen LogP contribution in [0.15, 0.2) is 12.3 Å². The largest absolute Gasteiger partial charge is 0.480 e. The Balaban J connectivity index is 0. The Hall–Kier alpha value is -1.29. The maximum absolute atomic E-state index is 11.3. The van der Waals surface area contributed by atoms with E-state index in [1.54, 1.807) is 19.2 Å². The highest BCUT2D eigenvalue weighted by Crippen LogP contribution is 2.18. The molecule has 0 spiro atoms. The van der Waals surface area contributed by atoms with Gasteiger partial charge in [-0.05, 0) is 18.6 Å². The number of halogens is 1. The Labute approximate surface area is 108 Å². The van der Waals surface area contributed by atoms with Crippen molar-refractivity contribution in [1.29, 1.82) is 0 Å². The van der Waals surface area contributed by atoms with Gasteiger partial charge < -0.3 is 9.47 Å². The molecule has 5 heteroatoms. The molecular formula is C12H20ClNO3. The van der Waals surface area contributed by atoms with E-state index in [1.807, 2.05) is 13.8 Å². The molecule has 17 heavy (non-hydrogen) atoms. The molecule has 1 rings (SSSR count). The summed E-state index contributed by atoms with van der Waals surface area (Å²) in [7, 11) is 2.79. The SMILES string of the molecule is CC.CCl.COC(=O)c1c(C)ccnc1OC. The number of aryl methyl sites for hydroxylation is 1. The molecule has 1 aromatic heterocycles. The maximum Gasteiger partial charge on any atom is 0.343 e. The lowest BCUT2D eigenvalue weighted by molar-refractivity contribution is 0.0595. The van der Waals surface area contributed by atoms with Gasteiger partial charge in [0, 0.05) is 12.6 Å². The number of pyridine rings is 1.